The summed E-state index contributed by atoms with van der Waals surface area (Å²) in [6.07, 6.45) is 0. The molecule has 0 radical (unpaired) electrons. The fraction of sp³-hybridized carbons (Fsp3) is 0.714. The molecule has 1 rings (SSSR count). The summed E-state index contributed by atoms with van der Waals surface area (Å²) in [4.78, 5) is 4.20. The first-order valence-corrected chi connectivity index (χ1v) is 3.84. The first-order chi connectivity index (χ1) is 5.15. The van der Waals surface area contributed by atoms with Crippen molar-refractivity contribution in [2.75, 3.05) is 6.54 Å². The highest BCUT2D eigenvalue weighted by Gasteiger charge is 2.09. The second kappa shape index (κ2) is 3.00. The van der Waals surface area contributed by atoms with Crippen molar-refractivity contribution in [1.29, 1.82) is 0 Å². The SMILES string of the molecule is Cc1nc(C)n([C@H](C)C[NH3+])n1. The average molecular weight is 155 g/mol. The zero-order chi connectivity index (χ0) is 8.43. The Morgan fingerprint density at radius 2 is 2.18 bits per heavy atom. The van der Waals surface area contributed by atoms with Gasteiger partial charge in [-0.15, -0.1) is 0 Å². The highest BCUT2D eigenvalue weighted by Crippen LogP contribution is 2.04. The highest BCUT2D eigenvalue weighted by molar-refractivity contribution is 4.89. The summed E-state index contributed by atoms with van der Waals surface area (Å²) in [5.74, 6) is 1.81. The van der Waals surface area contributed by atoms with Gasteiger partial charge in [0.1, 0.15) is 11.6 Å². The summed E-state index contributed by atoms with van der Waals surface area (Å²) in [6, 6.07) is 0.358. The normalized spacial score (nSPS) is 13.5. The van der Waals surface area contributed by atoms with E-state index >= 15 is 0 Å². The third-order valence-electron chi connectivity index (χ3n) is 1.74. The van der Waals surface area contributed by atoms with Gasteiger partial charge in [0, 0.05) is 0 Å². The van der Waals surface area contributed by atoms with Gasteiger partial charge in [0.15, 0.2) is 0 Å². The van der Waals surface area contributed by atoms with E-state index in [1.54, 1.807) is 0 Å². The molecule has 62 valence electrons. The molecule has 0 spiro atoms. The predicted molar refractivity (Wildman–Crippen MR) is 42.0 cm³/mol. The monoisotopic (exact) mass is 155 g/mol. The van der Waals surface area contributed by atoms with E-state index in [-0.39, 0.29) is 0 Å². The van der Waals surface area contributed by atoms with Crippen molar-refractivity contribution >= 4 is 0 Å². The first kappa shape index (κ1) is 8.20. The maximum Gasteiger partial charge on any atom is 0.147 e. The van der Waals surface area contributed by atoms with Crippen LogP contribution < -0.4 is 5.73 Å². The van der Waals surface area contributed by atoms with Gasteiger partial charge in [-0.25, -0.2) is 9.67 Å². The van der Waals surface area contributed by atoms with Crippen molar-refractivity contribution in [3.8, 4) is 0 Å². The van der Waals surface area contributed by atoms with Crippen molar-refractivity contribution in [1.82, 2.24) is 14.8 Å². The van der Waals surface area contributed by atoms with Crippen molar-refractivity contribution in [3.63, 3.8) is 0 Å². The van der Waals surface area contributed by atoms with E-state index < -0.39 is 0 Å². The predicted octanol–water partition coefficient (Wildman–Crippen LogP) is -0.302. The van der Waals surface area contributed by atoms with Gasteiger partial charge in [0.2, 0.25) is 0 Å². The van der Waals surface area contributed by atoms with Crippen molar-refractivity contribution in [2.24, 2.45) is 0 Å². The van der Waals surface area contributed by atoms with Crippen LogP contribution in [0, 0.1) is 13.8 Å². The number of rotatable bonds is 2. The van der Waals surface area contributed by atoms with E-state index in [0.717, 1.165) is 18.2 Å². The second-order valence-corrected chi connectivity index (χ2v) is 2.79. The second-order valence-electron chi connectivity index (χ2n) is 2.79. The number of nitrogens with zero attached hydrogens (tertiary/aromatic N) is 3. The first-order valence-electron chi connectivity index (χ1n) is 3.84. The minimum absolute atomic E-state index is 0.358. The van der Waals surface area contributed by atoms with Gasteiger partial charge in [0.05, 0.1) is 12.6 Å². The molecule has 0 amide bonds. The van der Waals surface area contributed by atoms with Crippen LogP contribution in [0.4, 0.5) is 0 Å². The molecule has 0 saturated heterocycles. The maximum absolute atomic E-state index is 4.25. The Kier molecular flexibility index (Phi) is 2.24. The number of quaternary nitrogens is 1. The molecule has 0 fully saturated rings. The van der Waals surface area contributed by atoms with Crippen molar-refractivity contribution in [3.05, 3.63) is 11.6 Å². The van der Waals surface area contributed by atoms with Crippen LogP contribution in [-0.4, -0.2) is 21.3 Å². The van der Waals surface area contributed by atoms with E-state index in [1.165, 1.54) is 0 Å². The lowest BCUT2D eigenvalue weighted by molar-refractivity contribution is -0.376. The number of aryl methyl sites for hydroxylation is 2. The van der Waals surface area contributed by atoms with Crippen LogP contribution in [0.2, 0.25) is 0 Å². The van der Waals surface area contributed by atoms with Gasteiger partial charge in [-0.05, 0) is 20.8 Å². The maximum atomic E-state index is 4.25. The highest BCUT2D eigenvalue weighted by atomic mass is 15.4. The average Bonchev–Trinajstić information content (AvgIpc) is 2.28. The summed E-state index contributed by atoms with van der Waals surface area (Å²) in [5.41, 5.74) is 3.82. The molecule has 0 aromatic carbocycles. The standard InChI is InChI=1S/C7H14N4/c1-5(4-8)11-7(3)9-6(2)10-11/h5H,4,8H2,1-3H3/p+1/t5-/m1/s1. The topological polar surface area (TPSA) is 58.4 Å². The molecule has 4 heteroatoms. The van der Waals surface area contributed by atoms with E-state index in [4.69, 9.17) is 0 Å². The van der Waals surface area contributed by atoms with Crippen LogP contribution in [0.25, 0.3) is 0 Å². The minimum Gasteiger partial charge on any atom is -0.356 e. The van der Waals surface area contributed by atoms with Gasteiger partial charge in [-0.1, -0.05) is 0 Å². The molecule has 1 atom stereocenters. The smallest absolute Gasteiger partial charge is 0.147 e. The van der Waals surface area contributed by atoms with Gasteiger partial charge >= 0.3 is 0 Å². The lowest BCUT2D eigenvalue weighted by Gasteiger charge is -2.07. The zero-order valence-electron chi connectivity index (χ0n) is 7.33. The van der Waals surface area contributed by atoms with Crippen LogP contribution in [0.3, 0.4) is 0 Å². The summed E-state index contributed by atoms with van der Waals surface area (Å²) in [5, 5.41) is 4.25. The van der Waals surface area contributed by atoms with Gasteiger partial charge < -0.3 is 5.73 Å². The molecule has 1 aromatic rings. The molecule has 11 heavy (non-hydrogen) atoms. The molecule has 0 unspecified atom stereocenters. The molecule has 0 saturated carbocycles. The number of hydrogen-bond donors (Lipinski definition) is 1. The molecule has 0 aliphatic rings. The Hall–Kier alpha value is -0.900. The molecule has 0 aliphatic carbocycles. The Labute approximate surface area is 66.4 Å². The van der Waals surface area contributed by atoms with Crippen molar-refractivity contribution < 1.29 is 5.73 Å². The Bertz CT molecular complexity index is 241. The van der Waals surface area contributed by atoms with Crippen LogP contribution in [0.15, 0.2) is 0 Å². The van der Waals surface area contributed by atoms with Gasteiger partial charge in [-0.2, -0.15) is 5.10 Å². The molecular weight excluding hydrogens is 140 g/mol. The molecule has 1 heterocycles. The van der Waals surface area contributed by atoms with E-state index in [2.05, 4.69) is 22.7 Å². The van der Waals surface area contributed by atoms with Crippen LogP contribution >= 0.6 is 0 Å². The largest absolute Gasteiger partial charge is 0.356 e. The lowest BCUT2D eigenvalue weighted by Crippen LogP contribution is -2.53. The minimum atomic E-state index is 0.358. The molecule has 3 N–H and O–H groups in total. The lowest BCUT2D eigenvalue weighted by atomic mass is 10.3. The fourth-order valence-corrected chi connectivity index (χ4v) is 1.08. The van der Waals surface area contributed by atoms with Crippen LogP contribution in [0.5, 0.6) is 0 Å². The van der Waals surface area contributed by atoms with E-state index in [0.29, 0.717) is 6.04 Å². The van der Waals surface area contributed by atoms with Gasteiger partial charge in [0.25, 0.3) is 0 Å². The van der Waals surface area contributed by atoms with Crippen LogP contribution in [-0.2, 0) is 0 Å². The third-order valence-corrected chi connectivity index (χ3v) is 1.74. The van der Waals surface area contributed by atoms with E-state index in [1.807, 2.05) is 18.5 Å². The molecule has 0 aliphatic heterocycles. The van der Waals surface area contributed by atoms with Crippen molar-refractivity contribution in [2.45, 2.75) is 26.8 Å². The molecule has 0 bridgehead atoms. The third kappa shape index (κ3) is 1.57. The Morgan fingerprint density at radius 3 is 2.55 bits per heavy atom. The van der Waals surface area contributed by atoms with Gasteiger partial charge in [-0.3, -0.25) is 0 Å². The summed E-state index contributed by atoms with van der Waals surface area (Å²) in [7, 11) is 0. The zero-order valence-corrected chi connectivity index (χ0v) is 7.33. The molecule has 4 nitrogen and oxygen atoms in total. The quantitative estimate of drug-likeness (QED) is 0.637. The fourth-order valence-electron chi connectivity index (χ4n) is 1.08. The summed E-state index contributed by atoms with van der Waals surface area (Å²) < 4.78 is 1.92. The molecular formula is C7H15N4+. The number of hydrogen-bond acceptors (Lipinski definition) is 2. The van der Waals surface area contributed by atoms with E-state index in [9.17, 15) is 0 Å². The van der Waals surface area contributed by atoms with Crippen LogP contribution in [0.1, 0.15) is 24.6 Å². The number of aromatic nitrogens is 3. The Balaban J connectivity index is 2.93. The Morgan fingerprint density at radius 1 is 1.55 bits per heavy atom. The summed E-state index contributed by atoms with van der Waals surface area (Å²) >= 11 is 0. The molecule has 1 aromatic heterocycles. The summed E-state index contributed by atoms with van der Waals surface area (Å²) in [6.45, 7) is 6.81.